The van der Waals surface area contributed by atoms with Crippen molar-refractivity contribution in [2.24, 2.45) is 5.92 Å². The first-order valence-electron chi connectivity index (χ1n) is 12.0. The van der Waals surface area contributed by atoms with E-state index in [0.717, 1.165) is 63.4 Å². The number of amides is 1. The minimum atomic E-state index is -0.108. The van der Waals surface area contributed by atoms with Crippen molar-refractivity contribution in [2.75, 3.05) is 50.7 Å². The SMILES string of the molecule is CCCCN1CCN(C(=O)[C@H]2CCCN(c3cnn(Cc4ccccc4)c(=O)c3)C2)CC1. The van der Waals surface area contributed by atoms with E-state index in [4.69, 9.17) is 0 Å². The molecule has 2 saturated heterocycles. The van der Waals surface area contributed by atoms with Gasteiger partial charge in [0.05, 0.1) is 24.3 Å². The van der Waals surface area contributed by atoms with E-state index in [9.17, 15) is 9.59 Å². The molecular weight excluding hydrogens is 402 g/mol. The molecule has 1 atom stereocenters. The fourth-order valence-electron chi connectivity index (χ4n) is 4.72. The van der Waals surface area contributed by atoms with Gasteiger partial charge >= 0.3 is 0 Å². The molecule has 0 unspecified atom stereocenters. The van der Waals surface area contributed by atoms with Gasteiger partial charge in [-0.3, -0.25) is 14.5 Å². The van der Waals surface area contributed by atoms with E-state index in [1.165, 1.54) is 17.5 Å². The average molecular weight is 438 g/mol. The highest BCUT2D eigenvalue weighted by Crippen LogP contribution is 2.24. The molecule has 0 saturated carbocycles. The van der Waals surface area contributed by atoms with Gasteiger partial charge in [0, 0.05) is 45.3 Å². The molecule has 0 radical (unpaired) electrons. The number of anilines is 1. The van der Waals surface area contributed by atoms with Crippen LogP contribution in [0, 0.1) is 5.92 Å². The lowest BCUT2D eigenvalue weighted by Gasteiger charge is -2.39. The number of rotatable bonds is 7. The van der Waals surface area contributed by atoms with Gasteiger partial charge in [-0.2, -0.15) is 5.10 Å². The summed E-state index contributed by atoms with van der Waals surface area (Å²) in [5.41, 5.74) is 1.76. The summed E-state index contributed by atoms with van der Waals surface area (Å²) in [5, 5.41) is 4.40. The molecule has 0 bridgehead atoms. The monoisotopic (exact) mass is 437 g/mol. The van der Waals surface area contributed by atoms with Gasteiger partial charge in [0.15, 0.2) is 0 Å². The van der Waals surface area contributed by atoms with Gasteiger partial charge in [0.2, 0.25) is 5.91 Å². The molecule has 0 aliphatic carbocycles. The Balaban J connectivity index is 1.35. The van der Waals surface area contributed by atoms with Crippen molar-refractivity contribution >= 4 is 11.6 Å². The number of hydrogen-bond donors (Lipinski definition) is 0. The Morgan fingerprint density at radius 3 is 2.59 bits per heavy atom. The quantitative estimate of drug-likeness (QED) is 0.666. The Hall–Kier alpha value is -2.67. The van der Waals surface area contributed by atoms with E-state index in [2.05, 4.69) is 21.8 Å². The maximum absolute atomic E-state index is 13.2. The molecule has 2 aliphatic heterocycles. The molecule has 2 aromatic rings. The maximum Gasteiger partial charge on any atom is 0.269 e. The van der Waals surface area contributed by atoms with Crippen LogP contribution in [0.15, 0.2) is 47.4 Å². The zero-order valence-electron chi connectivity index (χ0n) is 19.2. The summed E-state index contributed by atoms with van der Waals surface area (Å²) in [4.78, 5) is 32.5. The van der Waals surface area contributed by atoms with Gasteiger partial charge in [-0.05, 0) is 31.4 Å². The van der Waals surface area contributed by atoms with Crippen LogP contribution in [0.4, 0.5) is 5.69 Å². The first-order chi connectivity index (χ1) is 15.6. The van der Waals surface area contributed by atoms with Crippen LogP contribution in [0.5, 0.6) is 0 Å². The van der Waals surface area contributed by atoms with Crippen LogP contribution in [0.25, 0.3) is 0 Å². The molecule has 32 heavy (non-hydrogen) atoms. The van der Waals surface area contributed by atoms with Crippen LogP contribution in [-0.2, 0) is 11.3 Å². The van der Waals surface area contributed by atoms with E-state index in [0.29, 0.717) is 13.1 Å². The number of unbranched alkanes of at least 4 members (excludes halogenated alkanes) is 1. The van der Waals surface area contributed by atoms with Gasteiger partial charge in [0.25, 0.3) is 5.56 Å². The summed E-state index contributed by atoms with van der Waals surface area (Å²) in [6.07, 6.45) is 6.08. The van der Waals surface area contributed by atoms with Gasteiger partial charge < -0.3 is 9.80 Å². The summed E-state index contributed by atoms with van der Waals surface area (Å²) < 4.78 is 1.49. The number of nitrogens with zero attached hydrogens (tertiary/aromatic N) is 5. The molecule has 1 amide bonds. The van der Waals surface area contributed by atoms with Crippen molar-refractivity contribution < 1.29 is 4.79 Å². The molecular formula is C25H35N5O2. The lowest BCUT2D eigenvalue weighted by Crippen LogP contribution is -2.52. The van der Waals surface area contributed by atoms with Crippen molar-refractivity contribution in [1.82, 2.24) is 19.6 Å². The third kappa shape index (κ3) is 5.57. The maximum atomic E-state index is 13.2. The van der Waals surface area contributed by atoms with E-state index < -0.39 is 0 Å². The number of carbonyl (C=O) groups excluding carboxylic acids is 1. The van der Waals surface area contributed by atoms with Gasteiger partial charge in [-0.15, -0.1) is 0 Å². The van der Waals surface area contributed by atoms with Crippen LogP contribution in [-0.4, -0.2) is 71.3 Å². The number of hydrogen-bond acceptors (Lipinski definition) is 5. The Morgan fingerprint density at radius 2 is 1.88 bits per heavy atom. The second kappa shape index (κ2) is 10.8. The van der Waals surface area contributed by atoms with Gasteiger partial charge in [-0.25, -0.2) is 4.68 Å². The van der Waals surface area contributed by atoms with Gasteiger partial charge in [0.1, 0.15) is 0 Å². The van der Waals surface area contributed by atoms with Crippen molar-refractivity contribution in [1.29, 1.82) is 0 Å². The minimum absolute atomic E-state index is 0.00214. The van der Waals surface area contributed by atoms with Crippen LogP contribution >= 0.6 is 0 Å². The Morgan fingerprint density at radius 1 is 1.09 bits per heavy atom. The third-order valence-electron chi connectivity index (χ3n) is 6.68. The third-order valence-corrected chi connectivity index (χ3v) is 6.68. The molecule has 3 heterocycles. The zero-order chi connectivity index (χ0) is 22.3. The first kappa shape index (κ1) is 22.5. The fourth-order valence-corrected chi connectivity index (χ4v) is 4.72. The number of piperazine rings is 1. The summed E-state index contributed by atoms with van der Waals surface area (Å²) in [7, 11) is 0. The minimum Gasteiger partial charge on any atom is -0.369 e. The molecule has 1 aromatic carbocycles. The standard InChI is InChI=1S/C25H35N5O2/c1-2-3-11-27-13-15-28(16-14-27)25(32)22-10-7-12-29(20-22)23-17-24(31)30(26-18-23)19-21-8-5-4-6-9-21/h4-6,8-9,17-18,22H,2-3,7,10-16,19-20H2,1H3/t22-/m0/s1. The summed E-state index contributed by atoms with van der Waals surface area (Å²) >= 11 is 0. The van der Waals surface area contributed by atoms with Crippen LogP contribution in [0.1, 0.15) is 38.2 Å². The molecule has 1 aromatic heterocycles. The number of benzene rings is 1. The molecule has 2 aliphatic rings. The van der Waals surface area contributed by atoms with Crippen molar-refractivity contribution in [3.63, 3.8) is 0 Å². The highest BCUT2D eigenvalue weighted by molar-refractivity contribution is 5.80. The summed E-state index contributed by atoms with van der Waals surface area (Å²) in [6.45, 7) is 8.96. The predicted octanol–water partition coefficient (Wildman–Crippen LogP) is 2.45. The molecule has 7 heteroatoms. The predicted molar refractivity (Wildman–Crippen MR) is 127 cm³/mol. The van der Waals surface area contributed by atoms with E-state index in [1.807, 2.05) is 35.2 Å². The second-order valence-electron chi connectivity index (χ2n) is 9.00. The van der Waals surface area contributed by atoms with Crippen LogP contribution in [0.2, 0.25) is 0 Å². The van der Waals surface area contributed by atoms with E-state index in [1.54, 1.807) is 12.3 Å². The van der Waals surface area contributed by atoms with Crippen molar-refractivity contribution in [3.8, 4) is 0 Å². The molecule has 7 nitrogen and oxygen atoms in total. The Kier molecular flexibility index (Phi) is 7.58. The molecule has 4 rings (SSSR count). The average Bonchev–Trinajstić information content (AvgIpc) is 2.84. The molecule has 0 spiro atoms. The number of aromatic nitrogens is 2. The van der Waals surface area contributed by atoms with Crippen molar-refractivity contribution in [2.45, 2.75) is 39.2 Å². The highest BCUT2D eigenvalue weighted by Gasteiger charge is 2.31. The van der Waals surface area contributed by atoms with Gasteiger partial charge in [-0.1, -0.05) is 43.7 Å². The van der Waals surface area contributed by atoms with E-state index in [-0.39, 0.29) is 17.4 Å². The second-order valence-corrected chi connectivity index (χ2v) is 9.00. The number of carbonyl (C=O) groups is 1. The molecule has 0 N–H and O–H groups in total. The Bertz CT molecular complexity index is 937. The highest BCUT2D eigenvalue weighted by atomic mass is 16.2. The fraction of sp³-hybridized carbons (Fsp3) is 0.560. The molecule has 172 valence electrons. The zero-order valence-corrected chi connectivity index (χ0v) is 19.2. The number of piperidine rings is 1. The smallest absolute Gasteiger partial charge is 0.269 e. The largest absolute Gasteiger partial charge is 0.369 e. The van der Waals surface area contributed by atoms with Crippen molar-refractivity contribution in [3.05, 3.63) is 58.5 Å². The van der Waals surface area contributed by atoms with Crippen LogP contribution < -0.4 is 10.5 Å². The first-order valence-corrected chi connectivity index (χ1v) is 12.0. The molecule has 2 fully saturated rings. The summed E-state index contributed by atoms with van der Waals surface area (Å²) in [5.74, 6) is 0.271. The van der Waals surface area contributed by atoms with E-state index >= 15 is 0 Å². The lowest BCUT2D eigenvalue weighted by atomic mass is 9.96. The Labute approximate surface area is 190 Å². The lowest BCUT2D eigenvalue weighted by molar-refractivity contribution is -0.137. The van der Waals surface area contributed by atoms with Crippen LogP contribution in [0.3, 0.4) is 0 Å². The topological polar surface area (TPSA) is 61.7 Å². The summed E-state index contributed by atoms with van der Waals surface area (Å²) in [6, 6.07) is 11.5. The normalized spacial score (nSPS) is 19.8.